The molecule has 0 unspecified atom stereocenters. The van der Waals surface area contributed by atoms with Gasteiger partial charge in [0.25, 0.3) is 0 Å². The van der Waals surface area contributed by atoms with E-state index in [0.29, 0.717) is 0 Å². The Bertz CT molecular complexity index is 195. The molecule has 0 saturated heterocycles. The highest BCUT2D eigenvalue weighted by atomic mass is 14.3. The highest BCUT2D eigenvalue weighted by Gasteiger charge is 2.16. The van der Waals surface area contributed by atoms with Gasteiger partial charge in [-0.25, -0.2) is 0 Å². The third kappa shape index (κ3) is 2.33. The molecule has 1 fully saturated rings. The van der Waals surface area contributed by atoms with E-state index in [0.717, 1.165) is 5.92 Å². The van der Waals surface area contributed by atoms with E-state index in [1.165, 1.54) is 37.5 Å². The van der Waals surface area contributed by atoms with Crippen LogP contribution < -0.4 is 0 Å². The van der Waals surface area contributed by atoms with Crippen molar-refractivity contribution in [2.75, 3.05) is 0 Å². The normalized spacial score (nSPS) is 20.6. The molecule has 1 aliphatic rings. The summed E-state index contributed by atoms with van der Waals surface area (Å²) in [5.74, 6) is 0.725. The van der Waals surface area contributed by atoms with E-state index >= 15 is 0 Å². The predicted molar refractivity (Wildman–Crippen MR) is 53.6 cm³/mol. The molecule has 0 heterocycles. The van der Waals surface area contributed by atoms with Gasteiger partial charge in [-0.15, -0.1) is 0 Å². The van der Waals surface area contributed by atoms with Crippen LogP contribution in [0.2, 0.25) is 0 Å². The summed E-state index contributed by atoms with van der Waals surface area (Å²) in [6.45, 7) is 2.03. The van der Waals surface area contributed by atoms with Crippen LogP contribution >= 0.6 is 0 Å². The Hall–Kier alpha value is -0.850. The molecule has 0 amide bonds. The van der Waals surface area contributed by atoms with Crippen molar-refractivity contribution in [3.63, 3.8) is 0 Å². The lowest BCUT2D eigenvalue weighted by Gasteiger charge is -2.08. The fraction of sp³-hybridized carbons (Fsp3) is 0.545. The molecule has 12 heavy (non-hydrogen) atoms. The Balaban J connectivity index is 2.63. The Morgan fingerprint density at radius 2 is 2.00 bits per heavy atom. The van der Waals surface area contributed by atoms with Crippen LogP contribution in [-0.4, -0.2) is 6.21 Å². The molecule has 0 aromatic carbocycles. The van der Waals surface area contributed by atoms with E-state index in [1.807, 2.05) is 13.0 Å². The van der Waals surface area contributed by atoms with Crippen LogP contribution in [0.25, 0.3) is 0 Å². The summed E-state index contributed by atoms with van der Waals surface area (Å²) in [5, 5.41) is 7.04. The van der Waals surface area contributed by atoms with Crippen LogP contribution in [-0.2, 0) is 0 Å². The molecule has 0 bridgehead atoms. The maximum Gasteiger partial charge on any atom is 0.0180 e. The molecule has 0 atom stereocenters. The summed E-state index contributed by atoms with van der Waals surface area (Å²) >= 11 is 0. The largest absolute Gasteiger partial charge is 0.309 e. The maximum atomic E-state index is 7.04. The van der Waals surface area contributed by atoms with Gasteiger partial charge in [-0.2, -0.15) is 0 Å². The van der Waals surface area contributed by atoms with Crippen LogP contribution in [0.5, 0.6) is 0 Å². The van der Waals surface area contributed by atoms with Gasteiger partial charge in [0.15, 0.2) is 0 Å². The topological polar surface area (TPSA) is 23.9 Å². The molecule has 66 valence electrons. The summed E-state index contributed by atoms with van der Waals surface area (Å²) in [6.07, 6.45) is 12.9. The molecule has 0 radical (unpaired) electrons. The molecule has 1 N–H and O–H groups in total. The third-order valence-electron chi connectivity index (χ3n) is 2.46. The first kappa shape index (κ1) is 9.24. The quantitative estimate of drug-likeness (QED) is 0.487. The molecule has 1 heteroatoms. The minimum absolute atomic E-state index is 0.725. The Labute approximate surface area is 74.7 Å². The van der Waals surface area contributed by atoms with E-state index in [-0.39, 0.29) is 0 Å². The van der Waals surface area contributed by atoms with Gasteiger partial charge in [0, 0.05) is 6.21 Å². The molecule has 1 aliphatic carbocycles. The molecule has 1 rings (SSSR count). The van der Waals surface area contributed by atoms with E-state index in [2.05, 4.69) is 12.2 Å². The summed E-state index contributed by atoms with van der Waals surface area (Å²) in [4.78, 5) is 0. The number of allylic oxidation sites excluding steroid dienone is 4. The molecule has 0 spiro atoms. The number of rotatable bonds is 3. The third-order valence-corrected chi connectivity index (χ3v) is 2.46. The second-order valence-electron chi connectivity index (χ2n) is 3.31. The van der Waals surface area contributed by atoms with Crippen molar-refractivity contribution in [1.29, 1.82) is 5.41 Å². The standard InChI is InChI=1S/C11H17N/c1-2-5-10(8-9-12)11-6-3-4-7-11/h2,5,8-9,11-12H,3-4,6-7H2,1H3/b5-2-,10-8+,12-9?. The van der Waals surface area contributed by atoms with Gasteiger partial charge < -0.3 is 5.41 Å². The predicted octanol–water partition coefficient (Wildman–Crippen LogP) is 3.33. The molecule has 0 aromatic heterocycles. The van der Waals surface area contributed by atoms with Crippen molar-refractivity contribution in [2.24, 2.45) is 5.92 Å². The van der Waals surface area contributed by atoms with E-state index < -0.39 is 0 Å². The highest BCUT2D eigenvalue weighted by molar-refractivity contribution is 5.70. The average molecular weight is 163 g/mol. The Morgan fingerprint density at radius 1 is 1.33 bits per heavy atom. The van der Waals surface area contributed by atoms with Gasteiger partial charge in [-0.3, -0.25) is 0 Å². The summed E-state index contributed by atoms with van der Waals surface area (Å²) < 4.78 is 0. The van der Waals surface area contributed by atoms with Crippen LogP contribution in [0.1, 0.15) is 32.6 Å². The lowest BCUT2D eigenvalue weighted by atomic mass is 9.97. The summed E-state index contributed by atoms with van der Waals surface area (Å²) in [6, 6.07) is 0. The van der Waals surface area contributed by atoms with Crippen LogP contribution in [0.15, 0.2) is 23.8 Å². The van der Waals surface area contributed by atoms with Crippen molar-refractivity contribution in [3.05, 3.63) is 23.8 Å². The van der Waals surface area contributed by atoms with Crippen molar-refractivity contribution < 1.29 is 0 Å². The zero-order valence-corrected chi connectivity index (χ0v) is 7.72. The van der Waals surface area contributed by atoms with Crippen molar-refractivity contribution in [1.82, 2.24) is 0 Å². The smallest absolute Gasteiger partial charge is 0.0180 e. The molecular formula is C11H17N. The van der Waals surface area contributed by atoms with Gasteiger partial charge >= 0.3 is 0 Å². The SMILES string of the molecule is C/C=C\C(=C/C=N)C1CCCC1. The first-order valence-corrected chi connectivity index (χ1v) is 4.72. The molecule has 0 aromatic rings. The Kier molecular flexibility index (Phi) is 3.78. The fourth-order valence-electron chi connectivity index (χ4n) is 1.88. The zero-order valence-electron chi connectivity index (χ0n) is 7.72. The van der Waals surface area contributed by atoms with Crippen molar-refractivity contribution in [3.8, 4) is 0 Å². The first-order chi connectivity index (χ1) is 5.88. The van der Waals surface area contributed by atoms with Crippen LogP contribution in [0, 0.1) is 11.3 Å². The average Bonchev–Trinajstić information content (AvgIpc) is 2.56. The van der Waals surface area contributed by atoms with Crippen molar-refractivity contribution >= 4 is 6.21 Å². The molecule has 1 saturated carbocycles. The monoisotopic (exact) mass is 163 g/mol. The maximum absolute atomic E-state index is 7.04. The van der Waals surface area contributed by atoms with Gasteiger partial charge in [-0.1, -0.05) is 25.0 Å². The number of hydrogen-bond donors (Lipinski definition) is 1. The van der Waals surface area contributed by atoms with E-state index in [1.54, 1.807) is 0 Å². The minimum Gasteiger partial charge on any atom is -0.309 e. The van der Waals surface area contributed by atoms with Crippen molar-refractivity contribution in [2.45, 2.75) is 32.6 Å². The van der Waals surface area contributed by atoms with Crippen LogP contribution in [0.3, 0.4) is 0 Å². The van der Waals surface area contributed by atoms with Gasteiger partial charge in [0.2, 0.25) is 0 Å². The van der Waals surface area contributed by atoms with E-state index in [9.17, 15) is 0 Å². The lowest BCUT2D eigenvalue weighted by Crippen LogP contribution is -1.95. The molecular weight excluding hydrogens is 146 g/mol. The first-order valence-electron chi connectivity index (χ1n) is 4.72. The number of nitrogens with one attached hydrogen (secondary N) is 1. The zero-order chi connectivity index (χ0) is 8.81. The van der Waals surface area contributed by atoms with Gasteiger partial charge in [-0.05, 0) is 37.3 Å². The van der Waals surface area contributed by atoms with Crippen LogP contribution in [0.4, 0.5) is 0 Å². The minimum atomic E-state index is 0.725. The second kappa shape index (κ2) is 4.91. The van der Waals surface area contributed by atoms with Gasteiger partial charge in [0.1, 0.15) is 0 Å². The second-order valence-corrected chi connectivity index (χ2v) is 3.31. The summed E-state index contributed by atoms with van der Waals surface area (Å²) in [5.41, 5.74) is 1.34. The highest BCUT2D eigenvalue weighted by Crippen LogP contribution is 2.31. The molecule has 1 nitrogen and oxygen atoms in total. The lowest BCUT2D eigenvalue weighted by molar-refractivity contribution is 0.658. The Morgan fingerprint density at radius 3 is 2.50 bits per heavy atom. The number of hydrogen-bond acceptors (Lipinski definition) is 1. The summed E-state index contributed by atoms with van der Waals surface area (Å²) in [7, 11) is 0. The van der Waals surface area contributed by atoms with Gasteiger partial charge in [0.05, 0.1) is 0 Å². The fourth-order valence-corrected chi connectivity index (χ4v) is 1.88. The van der Waals surface area contributed by atoms with E-state index in [4.69, 9.17) is 5.41 Å². The molecule has 0 aliphatic heterocycles.